The summed E-state index contributed by atoms with van der Waals surface area (Å²) >= 11 is 1.52. The first-order chi connectivity index (χ1) is 17.5. The predicted octanol–water partition coefficient (Wildman–Crippen LogP) is 7.52. The molecule has 3 heterocycles. The third-order valence-electron chi connectivity index (χ3n) is 6.09. The average molecular weight is 493 g/mol. The molecule has 1 aliphatic rings. The van der Waals surface area contributed by atoms with Gasteiger partial charge in [0.25, 0.3) is 0 Å². The average Bonchev–Trinajstić information content (AvgIpc) is 3.30. The number of hydrogen-bond donors (Lipinski definition) is 4. The highest BCUT2D eigenvalue weighted by atomic mass is 32.1. The number of aryl methyl sites for hydroxylation is 1. The standard InChI is InChI=1S/C29H28N6S/c1-5-31-27-24(16-36-28(27)18(3)30)19(4)34-26-17(2)8-11-23-22(26)12-14-33-29(23)35-21-10-9-20-7-6-13-32-25(20)15-21/h5-12,14-16,32,34H,3-4,13,30H2,1-2H3,(H,33,35). The highest BCUT2D eigenvalue weighted by Gasteiger charge is 2.17. The Morgan fingerprint density at radius 2 is 2.06 bits per heavy atom. The van der Waals surface area contributed by atoms with Gasteiger partial charge in [-0.15, -0.1) is 11.3 Å². The SMILES string of the molecule is C=C(Nc1c(C)ccc2c(Nc3ccc4c(c3)NCC=C4)nccc12)c1csc(C(=C)N)c1N=CC. The molecule has 0 atom stereocenters. The number of thiophene rings is 1. The van der Waals surface area contributed by atoms with Gasteiger partial charge < -0.3 is 21.7 Å². The Kier molecular flexibility index (Phi) is 6.31. The monoisotopic (exact) mass is 492 g/mol. The Balaban J connectivity index is 1.50. The number of benzene rings is 2. The molecule has 0 fully saturated rings. The van der Waals surface area contributed by atoms with Gasteiger partial charge in [0.05, 0.1) is 10.6 Å². The Morgan fingerprint density at radius 3 is 2.86 bits per heavy atom. The molecule has 36 heavy (non-hydrogen) atoms. The Morgan fingerprint density at radius 1 is 1.19 bits per heavy atom. The summed E-state index contributed by atoms with van der Waals surface area (Å²) in [4.78, 5) is 10.0. The van der Waals surface area contributed by atoms with E-state index in [1.165, 1.54) is 16.9 Å². The normalized spacial score (nSPS) is 12.4. The summed E-state index contributed by atoms with van der Waals surface area (Å²) in [5, 5.41) is 14.5. The van der Waals surface area contributed by atoms with Gasteiger partial charge >= 0.3 is 0 Å². The van der Waals surface area contributed by atoms with E-state index in [4.69, 9.17) is 5.73 Å². The van der Waals surface area contributed by atoms with Crippen molar-refractivity contribution in [3.05, 3.63) is 88.8 Å². The zero-order chi connectivity index (χ0) is 25.2. The number of aliphatic imine (C=N–C) groups is 1. The third kappa shape index (κ3) is 4.36. The van der Waals surface area contributed by atoms with Gasteiger partial charge in [-0.3, -0.25) is 4.99 Å². The van der Waals surface area contributed by atoms with E-state index in [-0.39, 0.29) is 0 Å². The van der Waals surface area contributed by atoms with E-state index in [2.05, 4.69) is 88.5 Å². The van der Waals surface area contributed by atoms with E-state index in [0.717, 1.165) is 67.6 Å². The van der Waals surface area contributed by atoms with Gasteiger partial charge in [-0.05, 0) is 43.2 Å². The quantitative estimate of drug-likeness (QED) is 0.200. The second-order valence-corrected chi connectivity index (χ2v) is 9.45. The van der Waals surface area contributed by atoms with Crippen molar-refractivity contribution in [3.63, 3.8) is 0 Å². The van der Waals surface area contributed by atoms with Crippen LogP contribution in [-0.2, 0) is 0 Å². The van der Waals surface area contributed by atoms with Gasteiger partial charge in [0.2, 0.25) is 0 Å². The van der Waals surface area contributed by atoms with Crippen molar-refractivity contribution in [1.29, 1.82) is 0 Å². The van der Waals surface area contributed by atoms with Crippen LogP contribution in [0.5, 0.6) is 0 Å². The largest absolute Gasteiger partial charge is 0.398 e. The van der Waals surface area contributed by atoms with Crippen LogP contribution in [0.15, 0.2) is 72.2 Å². The lowest BCUT2D eigenvalue weighted by atomic mass is 10.0. The fourth-order valence-corrected chi connectivity index (χ4v) is 5.24. The van der Waals surface area contributed by atoms with Crippen molar-refractivity contribution in [2.24, 2.45) is 10.7 Å². The number of nitrogens with two attached hydrogens (primary N) is 1. The number of fused-ring (bicyclic) bond motifs is 2. The van der Waals surface area contributed by atoms with Crippen LogP contribution in [0.25, 0.3) is 28.2 Å². The van der Waals surface area contributed by atoms with Gasteiger partial charge in [0.1, 0.15) is 5.82 Å². The lowest BCUT2D eigenvalue weighted by molar-refractivity contribution is 1.30. The summed E-state index contributed by atoms with van der Waals surface area (Å²) in [5.74, 6) is 0.793. The first-order valence-electron chi connectivity index (χ1n) is 11.7. The molecule has 1 aliphatic heterocycles. The van der Waals surface area contributed by atoms with E-state index in [0.29, 0.717) is 5.70 Å². The number of nitrogens with one attached hydrogen (secondary N) is 3. The molecule has 2 aromatic carbocycles. The summed E-state index contributed by atoms with van der Waals surface area (Å²) < 4.78 is 0. The summed E-state index contributed by atoms with van der Waals surface area (Å²) in [6.45, 7) is 13.0. The maximum atomic E-state index is 6.00. The minimum absolute atomic E-state index is 0.496. The molecular weight excluding hydrogens is 464 g/mol. The predicted molar refractivity (Wildman–Crippen MR) is 158 cm³/mol. The second-order valence-electron chi connectivity index (χ2n) is 8.57. The van der Waals surface area contributed by atoms with Crippen LogP contribution in [0.3, 0.4) is 0 Å². The van der Waals surface area contributed by atoms with Gasteiger partial charge in [-0.25, -0.2) is 4.98 Å². The fraction of sp³-hybridized carbons (Fsp3) is 0.103. The van der Waals surface area contributed by atoms with Crippen LogP contribution in [0, 0.1) is 6.92 Å². The number of anilines is 4. The number of aromatic nitrogens is 1. The Bertz CT molecular complexity index is 1560. The zero-order valence-electron chi connectivity index (χ0n) is 20.4. The Labute approximate surface area is 215 Å². The summed E-state index contributed by atoms with van der Waals surface area (Å²) in [6.07, 6.45) is 7.83. The van der Waals surface area contributed by atoms with Crippen LogP contribution >= 0.6 is 11.3 Å². The lowest BCUT2D eigenvalue weighted by Gasteiger charge is -2.18. The van der Waals surface area contributed by atoms with Gasteiger partial charge in [-0.2, -0.15) is 0 Å². The van der Waals surface area contributed by atoms with E-state index in [1.807, 2.05) is 24.6 Å². The van der Waals surface area contributed by atoms with Crippen molar-refractivity contribution in [1.82, 2.24) is 4.98 Å². The molecule has 0 radical (unpaired) electrons. The highest BCUT2D eigenvalue weighted by molar-refractivity contribution is 7.12. The molecule has 0 unspecified atom stereocenters. The molecule has 180 valence electrons. The molecule has 0 amide bonds. The van der Waals surface area contributed by atoms with E-state index in [1.54, 1.807) is 6.21 Å². The minimum Gasteiger partial charge on any atom is -0.398 e. The van der Waals surface area contributed by atoms with Gasteiger partial charge in [0.15, 0.2) is 0 Å². The molecule has 0 aliphatic carbocycles. The first-order valence-corrected chi connectivity index (χ1v) is 12.5. The summed E-state index contributed by atoms with van der Waals surface area (Å²) in [6, 6.07) is 12.5. The smallest absolute Gasteiger partial charge is 0.138 e. The van der Waals surface area contributed by atoms with Crippen LogP contribution in [0.2, 0.25) is 0 Å². The van der Waals surface area contributed by atoms with Crippen LogP contribution < -0.4 is 21.7 Å². The molecule has 6 nitrogen and oxygen atoms in total. The van der Waals surface area contributed by atoms with Crippen molar-refractivity contribution in [2.45, 2.75) is 13.8 Å². The molecule has 0 spiro atoms. The molecule has 2 aromatic heterocycles. The number of rotatable bonds is 7. The van der Waals surface area contributed by atoms with E-state index >= 15 is 0 Å². The molecule has 5 N–H and O–H groups in total. The lowest BCUT2D eigenvalue weighted by Crippen LogP contribution is -2.05. The van der Waals surface area contributed by atoms with Crippen molar-refractivity contribution in [3.8, 4) is 0 Å². The summed E-state index contributed by atoms with van der Waals surface area (Å²) in [5.41, 5.74) is 14.3. The molecule has 0 saturated heterocycles. The van der Waals surface area contributed by atoms with E-state index < -0.39 is 0 Å². The fourth-order valence-electron chi connectivity index (χ4n) is 4.32. The van der Waals surface area contributed by atoms with Gasteiger partial charge in [-0.1, -0.05) is 43.5 Å². The summed E-state index contributed by atoms with van der Waals surface area (Å²) in [7, 11) is 0. The van der Waals surface area contributed by atoms with Crippen LogP contribution in [-0.4, -0.2) is 17.7 Å². The van der Waals surface area contributed by atoms with Gasteiger partial charge in [0, 0.05) is 69.1 Å². The topological polar surface area (TPSA) is 87.4 Å². The van der Waals surface area contributed by atoms with Crippen molar-refractivity contribution >= 4 is 74.4 Å². The molecule has 0 bridgehead atoms. The third-order valence-corrected chi connectivity index (χ3v) is 7.14. The zero-order valence-corrected chi connectivity index (χ0v) is 21.2. The maximum absolute atomic E-state index is 6.00. The van der Waals surface area contributed by atoms with Crippen molar-refractivity contribution in [2.75, 3.05) is 22.5 Å². The Hall–Kier alpha value is -4.36. The molecule has 0 saturated carbocycles. The second kappa shape index (κ2) is 9.71. The molecule has 5 rings (SSSR count). The number of nitrogens with zero attached hydrogens (tertiary/aromatic N) is 2. The van der Waals surface area contributed by atoms with E-state index in [9.17, 15) is 0 Å². The molecule has 7 heteroatoms. The van der Waals surface area contributed by atoms with Crippen LogP contribution in [0.1, 0.15) is 28.5 Å². The maximum Gasteiger partial charge on any atom is 0.138 e. The number of hydrogen-bond acceptors (Lipinski definition) is 7. The molecular formula is C29H28N6S. The molecule has 4 aromatic rings. The van der Waals surface area contributed by atoms with Crippen LogP contribution in [0.4, 0.5) is 28.6 Å². The number of pyridine rings is 1. The highest BCUT2D eigenvalue weighted by Crippen LogP contribution is 2.40. The minimum atomic E-state index is 0.496. The first kappa shape index (κ1) is 23.4. The van der Waals surface area contributed by atoms with Crippen molar-refractivity contribution < 1.29 is 0 Å².